The highest BCUT2D eigenvalue weighted by molar-refractivity contribution is 5.85. The summed E-state index contributed by atoms with van der Waals surface area (Å²) in [4.78, 5) is 0. The largest absolute Gasteiger partial charge is 0.409 e. The number of rotatable bonds is 5. The van der Waals surface area contributed by atoms with Gasteiger partial charge in [-0.05, 0) is 25.3 Å². The Bertz CT molecular complexity index is 225. The Morgan fingerprint density at radius 2 is 2.21 bits per heavy atom. The SMILES string of the molecule is CC1CC1NCCC(C)(C)C(N)=NO. The van der Waals surface area contributed by atoms with E-state index in [0.29, 0.717) is 11.9 Å². The second-order valence-corrected chi connectivity index (χ2v) is 4.89. The van der Waals surface area contributed by atoms with E-state index in [1.807, 2.05) is 13.8 Å². The molecule has 0 heterocycles. The second kappa shape index (κ2) is 4.17. The number of hydrogen-bond acceptors (Lipinski definition) is 3. The molecule has 0 aromatic carbocycles. The molecule has 0 amide bonds. The normalized spacial score (nSPS) is 27.8. The van der Waals surface area contributed by atoms with Crippen LogP contribution >= 0.6 is 0 Å². The number of nitrogens with one attached hydrogen (secondary N) is 1. The van der Waals surface area contributed by atoms with Gasteiger partial charge in [0.25, 0.3) is 0 Å². The van der Waals surface area contributed by atoms with Gasteiger partial charge in [0.1, 0.15) is 5.84 Å². The first kappa shape index (κ1) is 11.3. The van der Waals surface area contributed by atoms with Crippen LogP contribution in [0.25, 0.3) is 0 Å². The summed E-state index contributed by atoms with van der Waals surface area (Å²) >= 11 is 0. The molecule has 82 valence electrons. The van der Waals surface area contributed by atoms with E-state index in [1.54, 1.807) is 0 Å². The van der Waals surface area contributed by atoms with Gasteiger partial charge in [0, 0.05) is 11.5 Å². The molecule has 1 rings (SSSR count). The minimum Gasteiger partial charge on any atom is -0.409 e. The van der Waals surface area contributed by atoms with Gasteiger partial charge in [0.15, 0.2) is 0 Å². The number of nitrogens with zero attached hydrogens (tertiary/aromatic N) is 1. The van der Waals surface area contributed by atoms with Gasteiger partial charge in [0.2, 0.25) is 0 Å². The zero-order chi connectivity index (χ0) is 10.8. The molecule has 1 aliphatic carbocycles. The van der Waals surface area contributed by atoms with Crippen molar-refractivity contribution >= 4 is 5.84 Å². The standard InChI is InChI=1S/C10H21N3O/c1-7-6-8(7)12-5-4-10(2,3)9(11)13-14/h7-8,12,14H,4-6H2,1-3H3,(H2,11,13). The number of oxime groups is 1. The van der Waals surface area contributed by atoms with Crippen LogP contribution < -0.4 is 11.1 Å². The molecule has 0 aliphatic heterocycles. The van der Waals surface area contributed by atoms with Crippen molar-refractivity contribution in [2.75, 3.05) is 6.54 Å². The summed E-state index contributed by atoms with van der Waals surface area (Å²) in [5.74, 6) is 1.13. The molecule has 0 aromatic rings. The first-order valence-corrected chi connectivity index (χ1v) is 5.19. The van der Waals surface area contributed by atoms with Gasteiger partial charge in [-0.1, -0.05) is 25.9 Å². The third-order valence-electron chi connectivity index (χ3n) is 3.07. The van der Waals surface area contributed by atoms with Crippen LogP contribution in [-0.4, -0.2) is 23.6 Å². The Balaban J connectivity index is 2.22. The Labute approximate surface area is 85.6 Å². The van der Waals surface area contributed by atoms with Crippen LogP contribution in [0.5, 0.6) is 0 Å². The van der Waals surface area contributed by atoms with Crippen LogP contribution in [0.3, 0.4) is 0 Å². The van der Waals surface area contributed by atoms with Crippen molar-refractivity contribution in [1.29, 1.82) is 0 Å². The minimum absolute atomic E-state index is 0.222. The predicted molar refractivity (Wildman–Crippen MR) is 57.4 cm³/mol. The van der Waals surface area contributed by atoms with Crippen molar-refractivity contribution < 1.29 is 5.21 Å². The van der Waals surface area contributed by atoms with Gasteiger partial charge >= 0.3 is 0 Å². The number of hydrogen-bond donors (Lipinski definition) is 3. The molecule has 0 spiro atoms. The highest BCUT2D eigenvalue weighted by Crippen LogP contribution is 2.29. The van der Waals surface area contributed by atoms with Crippen LogP contribution in [0.15, 0.2) is 5.16 Å². The molecule has 0 bridgehead atoms. The Kier molecular flexibility index (Phi) is 3.37. The van der Waals surface area contributed by atoms with E-state index in [9.17, 15) is 0 Å². The molecule has 0 saturated heterocycles. The summed E-state index contributed by atoms with van der Waals surface area (Å²) in [5, 5.41) is 15.1. The molecule has 0 radical (unpaired) electrons. The average Bonchev–Trinajstić information content (AvgIpc) is 2.80. The van der Waals surface area contributed by atoms with Crippen LogP contribution in [0.1, 0.15) is 33.6 Å². The molecule has 4 heteroatoms. The van der Waals surface area contributed by atoms with Gasteiger partial charge in [-0.3, -0.25) is 0 Å². The van der Waals surface area contributed by atoms with Crippen LogP contribution in [-0.2, 0) is 0 Å². The Morgan fingerprint density at radius 1 is 1.64 bits per heavy atom. The zero-order valence-electron chi connectivity index (χ0n) is 9.25. The van der Waals surface area contributed by atoms with Gasteiger partial charge < -0.3 is 16.3 Å². The molecule has 4 nitrogen and oxygen atoms in total. The first-order valence-electron chi connectivity index (χ1n) is 5.19. The third kappa shape index (κ3) is 2.87. The van der Waals surface area contributed by atoms with Gasteiger partial charge in [-0.2, -0.15) is 0 Å². The van der Waals surface area contributed by atoms with Crippen LogP contribution in [0.4, 0.5) is 0 Å². The summed E-state index contributed by atoms with van der Waals surface area (Å²) in [6, 6.07) is 0.693. The fraction of sp³-hybridized carbons (Fsp3) is 0.900. The highest BCUT2D eigenvalue weighted by atomic mass is 16.4. The first-order chi connectivity index (χ1) is 6.47. The molecular weight excluding hydrogens is 178 g/mol. The van der Waals surface area contributed by atoms with Gasteiger partial charge in [-0.25, -0.2) is 0 Å². The van der Waals surface area contributed by atoms with Crippen LogP contribution in [0.2, 0.25) is 0 Å². The van der Waals surface area contributed by atoms with E-state index in [4.69, 9.17) is 10.9 Å². The van der Waals surface area contributed by atoms with Crippen molar-refractivity contribution in [1.82, 2.24) is 5.32 Å². The van der Waals surface area contributed by atoms with E-state index >= 15 is 0 Å². The summed E-state index contributed by atoms with van der Waals surface area (Å²) in [5.41, 5.74) is 5.36. The fourth-order valence-electron chi connectivity index (χ4n) is 1.44. The van der Waals surface area contributed by atoms with E-state index in [2.05, 4.69) is 17.4 Å². The summed E-state index contributed by atoms with van der Waals surface area (Å²) < 4.78 is 0. The third-order valence-corrected chi connectivity index (χ3v) is 3.07. The molecule has 1 saturated carbocycles. The Hall–Kier alpha value is -0.770. The van der Waals surface area contributed by atoms with Crippen molar-refractivity contribution in [3.05, 3.63) is 0 Å². The van der Waals surface area contributed by atoms with Crippen molar-refractivity contribution in [2.45, 2.75) is 39.7 Å². The van der Waals surface area contributed by atoms with E-state index in [-0.39, 0.29) is 5.41 Å². The maximum Gasteiger partial charge on any atom is 0.144 e. The summed E-state index contributed by atoms with van der Waals surface area (Å²) in [6.07, 6.45) is 2.18. The minimum atomic E-state index is -0.222. The molecule has 1 aliphatic rings. The second-order valence-electron chi connectivity index (χ2n) is 4.89. The predicted octanol–water partition coefficient (Wildman–Crippen LogP) is 1.15. The quantitative estimate of drug-likeness (QED) is 0.269. The summed E-state index contributed by atoms with van der Waals surface area (Å²) in [6.45, 7) is 7.14. The molecule has 0 aromatic heterocycles. The van der Waals surface area contributed by atoms with Gasteiger partial charge in [0.05, 0.1) is 0 Å². The van der Waals surface area contributed by atoms with Crippen molar-refractivity contribution in [2.24, 2.45) is 22.2 Å². The van der Waals surface area contributed by atoms with Crippen molar-refractivity contribution in [3.8, 4) is 0 Å². The molecule has 14 heavy (non-hydrogen) atoms. The lowest BCUT2D eigenvalue weighted by Gasteiger charge is -2.22. The van der Waals surface area contributed by atoms with E-state index < -0.39 is 0 Å². The monoisotopic (exact) mass is 199 g/mol. The maximum absolute atomic E-state index is 8.58. The number of nitrogens with two attached hydrogens (primary N) is 1. The molecule has 1 fully saturated rings. The molecule has 2 atom stereocenters. The van der Waals surface area contributed by atoms with Gasteiger partial charge in [-0.15, -0.1) is 0 Å². The summed E-state index contributed by atoms with van der Waals surface area (Å²) in [7, 11) is 0. The zero-order valence-corrected chi connectivity index (χ0v) is 9.25. The topological polar surface area (TPSA) is 70.6 Å². The average molecular weight is 199 g/mol. The lowest BCUT2D eigenvalue weighted by molar-refractivity contribution is 0.305. The highest BCUT2D eigenvalue weighted by Gasteiger charge is 2.32. The lowest BCUT2D eigenvalue weighted by Crippen LogP contribution is -2.35. The molecule has 2 unspecified atom stereocenters. The smallest absolute Gasteiger partial charge is 0.144 e. The molecule has 4 N–H and O–H groups in total. The van der Waals surface area contributed by atoms with Crippen LogP contribution in [0, 0.1) is 11.3 Å². The maximum atomic E-state index is 8.58. The number of amidine groups is 1. The van der Waals surface area contributed by atoms with Crippen molar-refractivity contribution in [3.63, 3.8) is 0 Å². The van der Waals surface area contributed by atoms with E-state index in [1.165, 1.54) is 6.42 Å². The Morgan fingerprint density at radius 3 is 2.64 bits per heavy atom. The molecular formula is C10H21N3O. The van der Waals surface area contributed by atoms with E-state index in [0.717, 1.165) is 18.9 Å². The lowest BCUT2D eigenvalue weighted by atomic mass is 9.88. The fourth-order valence-corrected chi connectivity index (χ4v) is 1.44.